The van der Waals surface area contributed by atoms with E-state index in [0.717, 1.165) is 6.07 Å². The third-order valence-corrected chi connectivity index (χ3v) is 2.37. The summed E-state index contributed by atoms with van der Waals surface area (Å²) < 4.78 is 5.37. The number of nitro groups is 1. The zero-order valence-corrected chi connectivity index (χ0v) is 10.9. The van der Waals surface area contributed by atoms with Crippen molar-refractivity contribution in [2.24, 2.45) is 0 Å². The number of rotatable bonds is 4. The molecule has 0 unspecified atom stereocenters. The molecular weight excluding hydrogens is 286 g/mol. The minimum atomic E-state index is -1.23. The van der Waals surface area contributed by atoms with Gasteiger partial charge in [-0.25, -0.2) is 4.79 Å². The molecule has 104 valence electrons. The third-order valence-electron chi connectivity index (χ3n) is 2.37. The lowest BCUT2D eigenvalue weighted by Gasteiger charge is -2.06. The number of aromatic carboxylic acids is 1. The number of carbonyl (C=O) groups is 1. The monoisotopic (exact) mass is 295 g/mol. The Morgan fingerprint density at radius 2 is 1.80 bits per heavy atom. The molecular formula is C13H10ClNO5. The molecule has 0 amide bonds. The van der Waals surface area contributed by atoms with Crippen LogP contribution in [0.5, 0.6) is 11.5 Å². The first-order valence-electron chi connectivity index (χ1n) is 5.32. The van der Waals surface area contributed by atoms with Gasteiger partial charge in [0, 0.05) is 6.07 Å². The molecule has 0 aliphatic rings. The molecule has 20 heavy (non-hydrogen) atoms. The SMILES string of the molecule is Cl.O=C(O)c1ccc(Oc2ccccc2)c([N+](=O)[O-])c1. The first-order chi connectivity index (χ1) is 9.08. The van der Waals surface area contributed by atoms with E-state index in [0.29, 0.717) is 5.75 Å². The molecule has 0 spiro atoms. The minimum Gasteiger partial charge on any atom is -0.478 e. The number of carboxylic acids is 1. The number of para-hydroxylation sites is 1. The number of nitro benzene ring substituents is 1. The second-order valence-corrected chi connectivity index (χ2v) is 3.66. The number of hydrogen-bond donors (Lipinski definition) is 1. The predicted octanol–water partition coefficient (Wildman–Crippen LogP) is 3.51. The second kappa shape index (κ2) is 6.53. The van der Waals surface area contributed by atoms with Gasteiger partial charge in [0.25, 0.3) is 0 Å². The van der Waals surface area contributed by atoms with Crippen LogP contribution in [-0.4, -0.2) is 16.0 Å². The molecule has 6 nitrogen and oxygen atoms in total. The molecule has 0 aromatic heterocycles. The molecule has 0 bridgehead atoms. The molecule has 0 heterocycles. The summed E-state index contributed by atoms with van der Waals surface area (Å²) >= 11 is 0. The summed E-state index contributed by atoms with van der Waals surface area (Å²) in [7, 11) is 0. The first kappa shape index (κ1) is 15.5. The Morgan fingerprint density at radius 3 is 2.35 bits per heavy atom. The smallest absolute Gasteiger partial charge is 0.335 e. The van der Waals surface area contributed by atoms with Crippen LogP contribution in [0.3, 0.4) is 0 Å². The molecule has 0 fully saturated rings. The predicted molar refractivity (Wildman–Crippen MR) is 73.8 cm³/mol. The number of carboxylic acid groups (broad SMARTS) is 1. The Labute approximate surface area is 120 Å². The van der Waals surface area contributed by atoms with Crippen LogP contribution in [-0.2, 0) is 0 Å². The van der Waals surface area contributed by atoms with Crippen LogP contribution < -0.4 is 4.74 Å². The van der Waals surface area contributed by atoms with Gasteiger partial charge in [0.05, 0.1) is 10.5 Å². The Bertz CT molecular complexity index is 630. The highest BCUT2D eigenvalue weighted by Gasteiger charge is 2.18. The molecule has 2 aromatic rings. The first-order valence-corrected chi connectivity index (χ1v) is 5.32. The highest BCUT2D eigenvalue weighted by Crippen LogP contribution is 2.31. The lowest BCUT2D eigenvalue weighted by Crippen LogP contribution is -1.99. The van der Waals surface area contributed by atoms with Gasteiger partial charge < -0.3 is 9.84 Å². The summed E-state index contributed by atoms with van der Waals surface area (Å²) in [6.45, 7) is 0. The summed E-state index contributed by atoms with van der Waals surface area (Å²) in [5.41, 5.74) is -0.545. The van der Waals surface area contributed by atoms with Crippen molar-refractivity contribution in [3.8, 4) is 11.5 Å². The van der Waals surface area contributed by atoms with Crippen molar-refractivity contribution >= 4 is 24.1 Å². The molecule has 2 rings (SSSR count). The molecule has 0 saturated carbocycles. The Morgan fingerprint density at radius 1 is 1.15 bits per heavy atom. The van der Waals surface area contributed by atoms with E-state index in [9.17, 15) is 14.9 Å². The van der Waals surface area contributed by atoms with E-state index in [1.807, 2.05) is 0 Å². The van der Waals surface area contributed by atoms with Gasteiger partial charge in [0.15, 0.2) is 0 Å². The van der Waals surface area contributed by atoms with Gasteiger partial charge in [0.1, 0.15) is 5.75 Å². The van der Waals surface area contributed by atoms with Crippen molar-refractivity contribution in [2.45, 2.75) is 0 Å². The van der Waals surface area contributed by atoms with Crippen LogP contribution in [0, 0.1) is 10.1 Å². The van der Waals surface area contributed by atoms with Crippen molar-refractivity contribution in [3.05, 3.63) is 64.2 Å². The van der Waals surface area contributed by atoms with Crippen LogP contribution in [0.4, 0.5) is 5.69 Å². The summed E-state index contributed by atoms with van der Waals surface area (Å²) in [4.78, 5) is 21.0. The molecule has 1 N–H and O–H groups in total. The highest BCUT2D eigenvalue weighted by atomic mass is 35.5. The Balaban J connectivity index is 0.00000200. The van der Waals surface area contributed by atoms with Crippen molar-refractivity contribution in [1.29, 1.82) is 0 Å². The summed E-state index contributed by atoms with van der Waals surface area (Å²) in [5.74, 6) is -0.788. The van der Waals surface area contributed by atoms with E-state index in [-0.39, 0.29) is 29.4 Å². The van der Waals surface area contributed by atoms with Gasteiger partial charge >= 0.3 is 11.7 Å². The average Bonchev–Trinajstić information content (AvgIpc) is 2.39. The summed E-state index contributed by atoms with van der Waals surface area (Å²) in [6.07, 6.45) is 0. The van der Waals surface area contributed by atoms with E-state index in [1.54, 1.807) is 30.3 Å². The number of hydrogen-bond acceptors (Lipinski definition) is 4. The topological polar surface area (TPSA) is 89.7 Å². The lowest BCUT2D eigenvalue weighted by atomic mass is 10.2. The van der Waals surface area contributed by atoms with E-state index in [1.165, 1.54) is 12.1 Å². The third kappa shape index (κ3) is 3.46. The Hall–Kier alpha value is -2.60. The summed E-state index contributed by atoms with van der Waals surface area (Å²) in [5, 5.41) is 19.7. The molecule has 0 aliphatic carbocycles. The fraction of sp³-hybridized carbons (Fsp3) is 0. The van der Waals surface area contributed by atoms with Gasteiger partial charge in [-0.2, -0.15) is 0 Å². The maximum absolute atomic E-state index is 10.9. The Kier molecular flexibility index (Phi) is 5.05. The molecule has 2 aromatic carbocycles. The number of halogens is 1. The fourth-order valence-corrected chi connectivity index (χ4v) is 1.49. The van der Waals surface area contributed by atoms with Crippen LogP contribution in [0.15, 0.2) is 48.5 Å². The molecule has 0 radical (unpaired) electrons. The van der Waals surface area contributed by atoms with Gasteiger partial charge in [-0.15, -0.1) is 12.4 Å². The van der Waals surface area contributed by atoms with Crippen LogP contribution >= 0.6 is 12.4 Å². The van der Waals surface area contributed by atoms with E-state index >= 15 is 0 Å². The van der Waals surface area contributed by atoms with Crippen LogP contribution in [0.2, 0.25) is 0 Å². The van der Waals surface area contributed by atoms with Gasteiger partial charge in [0.2, 0.25) is 5.75 Å². The standard InChI is InChI=1S/C13H9NO5.ClH/c15-13(16)9-6-7-12(11(8-9)14(17)18)19-10-4-2-1-3-5-10;/h1-8H,(H,15,16);1H. The largest absolute Gasteiger partial charge is 0.478 e. The van der Waals surface area contributed by atoms with Crippen LogP contribution in [0.25, 0.3) is 0 Å². The van der Waals surface area contributed by atoms with E-state index in [4.69, 9.17) is 9.84 Å². The zero-order valence-electron chi connectivity index (χ0n) is 10.1. The second-order valence-electron chi connectivity index (χ2n) is 3.66. The lowest BCUT2D eigenvalue weighted by molar-refractivity contribution is -0.385. The van der Waals surface area contributed by atoms with Gasteiger partial charge in [-0.3, -0.25) is 10.1 Å². The van der Waals surface area contributed by atoms with Gasteiger partial charge in [-0.05, 0) is 24.3 Å². The molecule has 0 atom stereocenters. The maximum Gasteiger partial charge on any atom is 0.335 e. The average molecular weight is 296 g/mol. The quantitative estimate of drug-likeness (QED) is 0.688. The minimum absolute atomic E-state index is 0. The van der Waals surface area contributed by atoms with Crippen molar-refractivity contribution in [3.63, 3.8) is 0 Å². The van der Waals surface area contributed by atoms with E-state index in [2.05, 4.69) is 0 Å². The molecule has 0 aliphatic heterocycles. The van der Waals surface area contributed by atoms with Crippen molar-refractivity contribution in [2.75, 3.05) is 0 Å². The zero-order chi connectivity index (χ0) is 13.8. The fourth-order valence-electron chi connectivity index (χ4n) is 1.49. The molecule has 7 heteroatoms. The van der Waals surface area contributed by atoms with Gasteiger partial charge in [-0.1, -0.05) is 18.2 Å². The van der Waals surface area contributed by atoms with Crippen LogP contribution in [0.1, 0.15) is 10.4 Å². The number of nitrogens with zero attached hydrogens (tertiary/aromatic N) is 1. The number of ether oxygens (including phenoxy) is 1. The maximum atomic E-state index is 10.9. The molecule has 0 saturated heterocycles. The normalized spacial score (nSPS) is 9.40. The highest BCUT2D eigenvalue weighted by molar-refractivity contribution is 5.88. The van der Waals surface area contributed by atoms with Crippen molar-refractivity contribution in [1.82, 2.24) is 0 Å². The van der Waals surface area contributed by atoms with Crippen molar-refractivity contribution < 1.29 is 19.6 Å². The summed E-state index contributed by atoms with van der Waals surface area (Å²) in [6, 6.07) is 12.0. The number of benzene rings is 2. The van der Waals surface area contributed by atoms with E-state index < -0.39 is 10.9 Å².